The minimum absolute atomic E-state index is 0.0672. The van der Waals surface area contributed by atoms with Crippen LogP contribution >= 0.6 is 0 Å². The lowest BCUT2D eigenvalue weighted by molar-refractivity contribution is 0.0682. The lowest BCUT2D eigenvalue weighted by atomic mass is 10.0. The number of phenols is 4. The van der Waals surface area contributed by atoms with Crippen molar-refractivity contribution in [1.29, 1.82) is 0 Å². The van der Waals surface area contributed by atoms with E-state index in [1.165, 1.54) is 99.1 Å². The van der Waals surface area contributed by atoms with Crippen LogP contribution in [0, 0.1) is 0 Å². The summed E-state index contributed by atoms with van der Waals surface area (Å²) in [5.74, 6) is -4.67. The van der Waals surface area contributed by atoms with E-state index in [9.17, 15) is 66.2 Å². The van der Waals surface area contributed by atoms with E-state index in [0.717, 1.165) is 12.1 Å². The molecule has 0 unspecified atom stereocenters. The van der Waals surface area contributed by atoms with E-state index in [1.807, 2.05) is 0 Å². The molecule has 0 fully saturated rings. The molecule has 8 aromatic rings. The predicted octanol–water partition coefficient (Wildman–Crippen LogP) is 10.7. The van der Waals surface area contributed by atoms with E-state index < -0.39 is 76.3 Å². The quantitative estimate of drug-likeness (QED) is 0.0259. The third-order valence-electron chi connectivity index (χ3n) is 10.9. The first-order chi connectivity index (χ1) is 34.1. The zero-order chi connectivity index (χ0) is 51.8. The molecule has 0 amide bonds. The molecule has 0 bridgehead atoms. The van der Waals surface area contributed by atoms with Crippen molar-refractivity contribution in [3.05, 3.63) is 132 Å². The molecule has 0 radical (unpaired) electrons. The SMILES string of the molecule is COc1cc(-c2ccc(N=Nc3c(S(=O)(=O)O)cc4cc(Nc5ccc(O)c(C(=O)O)c5)ccc4c3O)c(OC)c2)ccc1N=Nc1c(S(=O)(=O)O)cc2cc(Nc3ccc(O)c(C(=O)O)c3)ccc2c1O. The second kappa shape index (κ2) is 19.2. The number of anilines is 4. The summed E-state index contributed by atoms with van der Waals surface area (Å²) in [6, 6.07) is 27.7. The largest absolute Gasteiger partial charge is 0.507 e. The first-order valence-corrected chi connectivity index (χ1v) is 23.4. The number of carboxylic acid groups (broad SMARTS) is 2. The number of phenolic OH excluding ortho intramolecular Hbond substituents is 2. The topological polar surface area (TPSA) is 356 Å². The molecule has 0 aromatic heterocycles. The number of rotatable bonds is 15. The van der Waals surface area contributed by atoms with Crippen LogP contribution in [-0.4, -0.2) is 82.7 Å². The normalized spacial score (nSPS) is 11.9. The Bertz CT molecular complexity index is 3620. The zero-order valence-corrected chi connectivity index (χ0v) is 38.6. The number of methoxy groups -OCH3 is 2. The average Bonchev–Trinajstić information content (AvgIpc) is 3.33. The number of hydrogen-bond donors (Lipinski definition) is 10. The molecule has 0 atom stereocenters. The third kappa shape index (κ3) is 10.0. The standard InChI is InChI=1S/C48H36N6O16S2/c1-69-39-17-23(3-11-35(39)51-53-43-41(71(63,64)65)19-25-15-27(5-9-31(25)45(43)57)49-29-7-13-37(55)33(21-29)47(59)60)24-4-12-36(40(18-24)70-2)52-54-44-42(72(66,67)68)20-26-16-28(6-10-32(26)46(44)58)50-30-8-14-38(56)34(22-30)48(61)62/h3-22,49-50,55-58H,1-2H3,(H,59,60)(H,61,62)(H,63,64,65)(H,66,67,68). The molecule has 0 saturated heterocycles. The van der Waals surface area contributed by atoms with Crippen LogP contribution in [0.25, 0.3) is 32.7 Å². The summed E-state index contributed by atoms with van der Waals surface area (Å²) in [6.07, 6.45) is 0. The van der Waals surface area contributed by atoms with Crippen molar-refractivity contribution in [2.45, 2.75) is 9.79 Å². The first kappa shape index (κ1) is 49.1. The Hall–Kier alpha value is -9.36. The van der Waals surface area contributed by atoms with Gasteiger partial charge in [-0.1, -0.05) is 12.1 Å². The van der Waals surface area contributed by atoms with Crippen molar-refractivity contribution < 1.29 is 75.6 Å². The number of hydrogen-bond acceptors (Lipinski definition) is 18. The third-order valence-corrected chi connectivity index (χ3v) is 12.6. The molecule has 24 heteroatoms. The van der Waals surface area contributed by atoms with Gasteiger partial charge in [-0.05, 0) is 131 Å². The minimum atomic E-state index is -5.02. The van der Waals surface area contributed by atoms with E-state index >= 15 is 0 Å². The molecule has 8 aromatic carbocycles. The molecule has 0 aliphatic carbocycles. The van der Waals surface area contributed by atoms with Gasteiger partial charge in [-0.15, -0.1) is 20.5 Å². The maximum Gasteiger partial charge on any atom is 0.339 e. The molecule has 22 nitrogen and oxygen atoms in total. The molecule has 0 aliphatic heterocycles. The van der Waals surface area contributed by atoms with Crippen LogP contribution < -0.4 is 20.1 Å². The molecule has 72 heavy (non-hydrogen) atoms. The number of carboxylic acids is 2. The minimum Gasteiger partial charge on any atom is -0.507 e. The van der Waals surface area contributed by atoms with Crippen LogP contribution in [0.4, 0.5) is 45.5 Å². The van der Waals surface area contributed by atoms with Crippen molar-refractivity contribution >= 4 is 99.2 Å². The van der Waals surface area contributed by atoms with Gasteiger partial charge >= 0.3 is 11.9 Å². The van der Waals surface area contributed by atoms with E-state index in [4.69, 9.17) is 9.47 Å². The molecule has 8 rings (SSSR count). The lowest BCUT2D eigenvalue weighted by Gasteiger charge is -2.13. The number of fused-ring (bicyclic) bond motifs is 2. The average molecular weight is 1020 g/mol. The number of aromatic carboxylic acids is 2. The van der Waals surface area contributed by atoms with Gasteiger partial charge in [0.15, 0.2) is 11.5 Å². The van der Waals surface area contributed by atoms with Gasteiger partial charge in [0.25, 0.3) is 20.2 Å². The van der Waals surface area contributed by atoms with Gasteiger partial charge in [-0.25, -0.2) is 9.59 Å². The number of carbonyl (C=O) groups is 2. The summed E-state index contributed by atoms with van der Waals surface area (Å²) in [5, 5.41) is 83.7. The Kier molecular flexibility index (Phi) is 13.1. The number of aromatic hydroxyl groups is 4. The molecule has 0 spiro atoms. The number of azo groups is 2. The van der Waals surface area contributed by atoms with Crippen LogP contribution in [0.3, 0.4) is 0 Å². The van der Waals surface area contributed by atoms with Crippen LogP contribution in [0.2, 0.25) is 0 Å². The summed E-state index contributed by atoms with van der Waals surface area (Å²) in [4.78, 5) is 21.4. The summed E-state index contributed by atoms with van der Waals surface area (Å²) in [6.45, 7) is 0. The molecular formula is C48H36N6O16S2. The first-order valence-electron chi connectivity index (χ1n) is 20.5. The summed E-state index contributed by atoms with van der Waals surface area (Å²) in [5.41, 5.74) is 0.476. The van der Waals surface area contributed by atoms with Crippen LogP contribution in [0.5, 0.6) is 34.5 Å². The van der Waals surface area contributed by atoms with Gasteiger partial charge in [-0.2, -0.15) is 16.8 Å². The molecule has 0 aliphatic rings. The summed E-state index contributed by atoms with van der Waals surface area (Å²) >= 11 is 0. The fourth-order valence-electron chi connectivity index (χ4n) is 7.44. The van der Waals surface area contributed by atoms with Gasteiger partial charge in [0.1, 0.15) is 66.7 Å². The summed E-state index contributed by atoms with van der Waals surface area (Å²) < 4.78 is 82.0. The molecular weight excluding hydrogens is 981 g/mol. The van der Waals surface area contributed by atoms with E-state index in [1.54, 1.807) is 24.3 Å². The fourth-order valence-corrected chi connectivity index (χ4v) is 8.75. The molecule has 366 valence electrons. The molecule has 0 heterocycles. The van der Waals surface area contributed by atoms with Gasteiger partial charge in [-0.3, -0.25) is 9.11 Å². The highest BCUT2D eigenvalue weighted by Crippen LogP contribution is 2.46. The highest BCUT2D eigenvalue weighted by Gasteiger charge is 2.25. The smallest absolute Gasteiger partial charge is 0.339 e. The Morgan fingerprint density at radius 3 is 1.18 bits per heavy atom. The van der Waals surface area contributed by atoms with E-state index in [0.29, 0.717) is 22.5 Å². The van der Waals surface area contributed by atoms with E-state index in [-0.39, 0.29) is 66.9 Å². The van der Waals surface area contributed by atoms with Crippen LogP contribution in [-0.2, 0) is 20.2 Å². The lowest BCUT2D eigenvalue weighted by Crippen LogP contribution is -2.00. The van der Waals surface area contributed by atoms with Crippen molar-refractivity contribution in [3.8, 4) is 45.6 Å². The highest BCUT2D eigenvalue weighted by molar-refractivity contribution is 7.86. The monoisotopic (exact) mass is 1020 g/mol. The second-order valence-corrected chi connectivity index (χ2v) is 18.2. The van der Waals surface area contributed by atoms with Crippen molar-refractivity contribution in [2.24, 2.45) is 20.5 Å². The number of benzene rings is 8. The zero-order valence-electron chi connectivity index (χ0n) is 37.0. The van der Waals surface area contributed by atoms with Crippen LogP contribution in [0.15, 0.2) is 152 Å². The number of ether oxygens (including phenoxy) is 2. The van der Waals surface area contributed by atoms with Gasteiger partial charge in [0.05, 0.1) is 14.2 Å². The number of nitrogens with zero attached hydrogens (tertiary/aromatic N) is 4. The Labute approximate surface area is 406 Å². The fraction of sp³-hybridized carbons (Fsp3) is 0.0417. The Balaban J connectivity index is 1.06. The van der Waals surface area contributed by atoms with E-state index in [2.05, 4.69) is 31.1 Å². The Morgan fingerprint density at radius 2 is 0.833 bits per heavy atom. The molecule has 10 N–H and O–H groups in total. The van der Waals surface area contributed by atoms with Gasteiger partial charge < -0.3 is 50.7 Å². The van der Waals surface area contributed by atoms with Crippen LogP contribution in [0.1, 0.15) is 20.7 Å². The van der Waals surface area contributed by atoms with Gasteiger partial charge in [0, 0.05) is 33.5 Å². The maximum atomic E-state index is 12.6. The predicted molar refractivity (Wildman–Crippen MR) is 261 cm³/mol. The maximum absolute atomic E-state index is 12.6. The molecule has 0 saturated carbocycles. The van der Waals surface area contributed by atoms with Crippen molar-refractivity contribution in [1.82, 2.24) is 0 Å². The second-order valence-electron chi connectivity index (χ2n) is 15.5. The van der Waals surface area contributed by atoms with Gasteiger partial charge in [0.2, 0.25) is 0 Å². The highest BCUT2D eigenvalue weighted by atomic mass is 32.2. The number of nitrogens with one attached hydrogen (secondary N) is 2. The van der Waals surface area contributed by atoms with Crippen molar-refractivity contribution in [2.75, 3.05) is 24.9 Å². The summed E-state index contributed by atoms with van der Waals surface area (Å²) in [7, 11) is -7.38. The van der Waals surface area contributed by atoms with Crippen molar-refractivity contribution in [3.63, 3.8) is 0 Å². The Morgan fingerprint density at radius 1 is 0.472 bits per heavy atom.